The average Bonchev–Trinajstić information content (AvgIpc) is 2.82. The summed E-state index contributed by atoms with van der Waals surface area (Å²) in [5, 5.41) is 14.3. The van der Waals surface area contributed by atoms with Crippen LogP contribution in [0.3, 0.4) is 0 Å². The Bertz CT molecular complexity index is 1190. The summed E-state index contributed by atoms with van der Waals surface area (Å²) in [5.74, 6) is 0.158. The van der Waals surface area contributed by atoms with Crippen molar-refractivity contribution in [1.82, 2.24) is 10.2 Å². The summed E-state index contributed by atoms with van der Waals surface area (Å²) in [5.41, 5.74) is 3.76. The molecule has 0 aromatic heterocycles. The normalized spacial score (nSPS) is 14.9. The van der Waals surface area contributed by atoms with Crippen LogP contribution < -0.4 is 15.5 Å². The molecule has 1 atom stereocenters. The summed E-state index contributed by atoms with van der Waals surface area (Å²) in [4.78, 5) is 29.5. The fourth-order valence-electron chi connectivity index (χ4n) is 3.74. The van der Waals surface area contributed by atoms with Crippen molar-refractivity contribution in [1.29, 1.82) is 5.41 Å². The van der Waals surface area contributed by atoms with Gasteiger partial charge in [-0.2, -0.15) is 0 Å². The van der Waals surface area contributed by atoms with Crippen molar-refractivity contribution in [2.24, 2.45) is 0 Å². The second kappa shape index (κ2) is 9.34. The Hall–Kier alpha value is -3.84. The van der Waals surface area contributed by atoms with Gasteiger partial charge < -0.3 is 20.4 Å². The lowest BCUT2D eigenvalue weighted by atomic mass is 9.94. The number of hydrogen-bond donors (Lipinski definition) is 3. The number of hydrogen-bond acceptors (Lipinski definition) is 3. The van der Waals surface area contributed by atoms with Crippen molar-refractivity contribution in [3.05, 3.63) is 94.5 Å². The molecule has 0 saturated heterocycles. The van der Waals surface area contributed by atoms with E-state index in [1.807, 2.05) is 62.6 Å². The first-order chi connectivity index (χ1) is 15.8. The van der Waals surface area contributed by atoms with Crippen LogP contribution in [-0.2, 0) is 11.3 Å². The van der Waals surface area contributed by atoms with Crippen LogP contribution >= 0.6 is 11.6 Å². The first-order valence-electron chi connectivity index (χ1n) is 10.4. The van der Waals surface area contributed by atoms with Crippen LogP contribution in [0.5, 0.6) is 0 Å². The van der Waals surface area contributed by atoms with Crippen LogP contribution in [0.1, 0.15) is 22.7 Å². The molecule has 0 aliphatic carbocycles. The lowest BCUT2D eigenvalue weighted by Gasteiger charge is -2.34. The fraction of sp³-hybridized carbons (Fsp3) is 0.160. The third-order valence-electron chi connectivity index (χ3n) is 5.48. The van der Waals surface area contributed by atoms with Gasteiger partial charge in [-0.25, -0.2) is 4.79 Å². The molecule has 1 heterocycles. The van der Waals surface area contributed by atoms with Crippen molar-refractivity contribution in [2.75, 3.05) is 24.3 Å². The number of benzene rings is 3. The summed E-state index contributed by atoms with van der Waals surface area (Å²) in [6.45, 7) is 0.399. The highest BCUT2D eigenvalue weighted by Gasteiger charge is 2.34. The number of anilines is 2. The van der Waals surface area contributed by atoms with Crippen LogP contribution in [-0.4, -0.2) is 36.8 Å². The lowest BCUT2D eigenvalue weighted by Crippen LogP contribution is -2.47. The molecule has 0 bridgehead atoms. The Morgan fingerprint density at radius 1 is 1.03 bits per heavy atom. The number of fused-ring (bicyclic) bond motifs is 1. The molecule has 0 spiro atoms. The zero-order valence-corrected chi connectivity index (χ0v) is 19.1. The van der Waals surface area contributed by atoms with Gasteiger partial charge in [0.15, 0.2) is 0 Å². The molecule has 1 aliphatic rings. The Morgan fingerprint density at radius 3 is 2.36 bits per heavy atom. The summed E-state index contributed by atoms with van der Waals surface area (Å²) >= 11 is 5.90. The summed E-state index contributed by atoms with van der Waals surface area (Å²) < 4.78 is 0. The van der Waals surface area contributed by atoms with Gasteiger partial charge in [-0.3, -0.25) is 10.2 Å². The van der Waals surface area contributed by atoms with E-state index in [9.17, 15) is 9.59 Å². The maximum absolute atomic E-state index is 13.5. The van der Waals surface area contributed by atoms with E-state index in [1.54, 1.807) is 34.1 Å². The number of urea groups is 1. The standard InChI is InChI=1S/C25H24ClN5O2/c1-30(2)23(27)16-7-13-20(14-8-16)31-15-17-5-3-4-6-21(17)22(24(31)32)29-25(33)28-19-11-9-18(26)10-12-19/h3-14,22,27H,15H2,1-2H3,(H2,28,29,33). The van der Waals surface area contributed by atoms with Crippen LogP contribution in [0, 0.1) is 5.41 Å². The molecule has 3 aromatic carbocycles. The highest BCUT2D eigenvalue weighted by atomic mass is 35.5. The van der Waals surface area contributed by atoms with E-state index in [0.717, 1.165) is 16.7 Å². The van der Waals surface area contributed by atoms with E-state index in [1.165, 1.54) is 0 Å². The summed E-state index contributed by atoms with van der Waals surface area (Å²) in [6, 6.07) is 20.3. The first kappa shape index (κ1) is 22.4. The SMILES string of the molecule is CN(C)C(=N)c1ccc(N2Cc3ccccc3C(NC(=O)Nc3ccc(Cl)cc3)C2=O)cc1. The molecule has 4 rings (SSSR count). The maximum atomic E-state index is 13.5. The molecular formula is C25H24ClN5O2. The second-order valence-corrected chi connectivity index (χ2v) is 8.39. The van der Waals surface area contributed by atoms with Crippen molar-refractivity contribution >= 4 is 40.7 Å². The van der Waals surface area contributed by atoms with E-state index < -0.39 is 12.1 Å². The molecule has 33 heavy (non-hydrogen) atoms. The Morgan fingerprint density at radius 2 is 1.70 bits per heavy atom. The van der Waals surface area contributed by atoms with E-state index in [-0.39, 0.29) is 5.91 Å². The maximum Gasteiger partial charge on any atom is 0.320 e. The van der Waals surface area contributed by atoms with Crippen molar-refractivity contribution < 1.29 is 9.59 Å². The number of halogens is 1. The second-order valence-electron chi connectivity index (χ2n) is 7.95. The summed E-state index contributed by atoms with van der Waals surface area (Å²) in [6.07, 6.45) is 0. The van der Waals surface area contributed by atoms with Crippen molar-refractivity contribution in [3.8, 4) is 0 Å². The van der Waals surface area contributed by atoms with Gasteiger partial charge in [-0.1, -0.05) is 35.9 Å². The van der Waals surface area contributed by atoms with Gasteiger partial charge in [0.05, 0.1) is 6.54 Å². The molecule has 3 N–H and O–H groups in total. The number of amides is 3. The Labute approximate surface area is 197 Å². The van der Waals surface area contributed by atoms with Crippen molar-refractivity contribution in [3.63, 3.8) is 0 Å². The number of nitrogens with zero attached hydrogens (tertiary/aromatic N) is 2. The predicted octanol–water partition coefficient (Wildman–Crippen LogP) is 4.64. The van der Waals surface area contributed by atoms with Crippen molar-refractivity contribution in [2.45, 2.75) is 12.6 Å². The molecule has 8 heteroatoms. The molecule has 1 unspecified atom stereocenters. The molecule has 168 valence electrons. The third-order valence-corrected chi connectivity index (χ3v) is 5.74. The van der Waals surface area contributed by atoms with Crippen LogP contribution in [0.2, 0.25) is 5.02 Å². The van der Waals surface area contributed by atoms with Crippen LogP contribution in [0.15, 0.2) is 72.8 Å². The minimum Gasteiger partial charge on any atom is -0.363 e. The zero-order valence-electron chi connectivity index (χ0n) is 18.3. The van der Waals surface area contributed by atoms with E-state index in [2.05, 4.69) is 10.6 Å². The molecule has 0 radical (unpaired) electrons. The van der Waals surface area contributed by atoms with Gasteiger partial charge in [-0.05, 0) is 59.7 Å². The first-order valence-corrected chi connectivity index (χ1v) is 10.8. The number of nitrogens with one attached hydrogen (secondary N) is 3. The number of rotatable bonds is 4. The predicted molar refractivity (Wildman–Crippen MR) is 131 cm³/mol. The molecule has 3 amide bonds. The largest absolute Gasteiger partial charge is 0.363 e. The third kappa shape index (κ3) is 4.83. The van der Waals surface area contributed by atoms with E-state index >= 15 is 0 Å². The van der Waals surface area contributed by atoms with E-state index in [4.69, 9.17) is 17.0 Å². The summed E-state index contributed by atoms with van der Waals surface area (Å²) in [7, 11) is 3.62. The quantitative estimate of drug-likeness (QED) is 0.390. The molecule has 0 saturated carbocycles. The number of carbonyl (C=O) groups excluding carboxylic acids is 2. The number of amidine groups is 1. The van der Waals surface area contributed by atoms with E-state index in [0.29, 0.717) is 28.8 Å². The number of carbonyl (C=O) groups is 2. The smallest absolute Gasteiger partial charge is 0.320 e. The average molecular weight is 462 g/mol. The van der Waals surface area contributed by atoms with Gasteiger partial charge >= 0.3 is 6.03 Å². The Kier molecular flexibility index (Phi) is 6.33. The Balaban J connectivity index is 1.58. The minimum atomic E-state index is -0.831. The minimum absolute atomic E-state index is 0.226. The highest BCUT2D eigenvalue weighted by molar-refractivity contribution is 6.30. The monoisotopic (exact) mass is 461 g/mol. The molecular weight excluding hydrogens is 438 g/mol. The van der Waals surface area contributed by atoms with Crippen LogP contribution in [0.4, 0.5) is 16.2 Å². The topological polar surface area (TPSA) is 88.5 Å². The lowest BCUT2D eigenvalue weighted by molar-refractivity contribution is -0.121. The highest BCUT2D eigenvalue weighted by Crippen LogP contribution is 2.31. The molecule has 0 fully saturated rings. The zero-order chi connectivity index (χ0) is 23.5. The van der Waals surface area contributed by atoms with Gasteiger partial charge in [0.25, 0.3) is 5.91 Å². The van der Waals surface area contributed by atoms with Gasteiger partial charge in [-0.15, -0.1) is 0 Å². The van der Waals surface area contributed by atoms with Gasteiger partial charge in [0, 0.05) is 36.1 Å². The van der Waals surface area contributed by atoms with Crippen LogP contribution in [0.25, 0.3) is 0 Å². The molecule has 1 aliphatic heterocycles. The van der Waals surface area contributed by atoms with Gasteiger partial charge in [0.2, 0.25) is 0 Å². The molecule has 7 nitrogen and oxygen atoms in total. The van der Waals surface area contributed by atoms with Gasteiger partial charge in [0.1, 0.15) is 11.9 Å². The fourth-order valence-corrected chi connectivity index (χ4v) is 3.87. The molecule has 3 aromatic rings.